The number of nitrogens with zero attached hydrogens (tertiary/aromatic N) is 4. The van der Waals surface area contributed by atoms with Gasteiger partial charge in [0, 0.05) is 25.5 Å². The third-order valence-electron chi connectivity index (χ3n) is 2.72. The third-order valence-corrected chi connectivity index (χ3v) is 2.72. The Kier molecular flexibility index (Phi) is 3.43. The second-order valence-corrected chi connectivity index (χ2v) is 4.00. The van der Waals surface area contributed by atoms with Crippen LogP contribution in [0, 0.1) is 0 Å². The Balaban J connectivity index is 2.09. The van der Waals surface area contributed by atoms with Crippen LogP contribution in [-0.2, 0) is 0 Å². The highest BCUT2D eigenvalue weighted by molar-refractivity contribution is 5.64. The molecule has 6 heteroatoms. The first-order chi connectivity index (χ1) is 8.20. The molecule has 0 saturated heterocycles. The maximum atomic E-state index is 5.73. The number of anilines is 2. The van der Waals surface area contributed by atoms with E-state index >= 15 is 0 Å². The van der Waals surface area contributed by atoms with Gasteiger partial charge in [0.2, 0.25) is 0 Å². The van der Waals surface area contributed by atoms with Crippen molar-refractivity contribution in [1.82, 2.24) is 19.3 Å². The Morgan fingerprint density at radius 2 is 2.35 bits per heavy atom. The van der Waals surface area contributed by atoms with E-state index in [9.17, 15) is 0 Å². The lowest BCUT2D eigenvalue weighted by Gasteiger charge is -2.14. The highest BCUT2D eigenvalue weighted by Gasteiger charge is 2.05. The zero-order chi connectivity index (χ0) is 12.3. The molecule has 0 bridgehead atoms. The number of nitrogens with one attached hydrogen (secondary N) is 1. The number of hydrogen-bond donors (Lipinski definition) is 2. The minimum atomic E-state index is 0.488. The van der Waals surface area contributed by atoms with Crippen LogP contribution >= 0.6 is 0 Å². The normalized spacial score (nSPS) is 11.2. The Morgan fingerprint density at radius 3 is 3.12 bits per heavy atom. The van der Waals surface area contributed by atoms with Gasteiger partial charge in [0.05, 0.1) is 6.20 Å². The number of rotatable bonds is 5. The van der Waals surface area contributed by atoms with Gasteiger partial charge in [-0.1, -0.05) is 6.92 Å². The number of fused-ring (bicyclic) bond motifs is 1. The van der Waals surface area contributed by atoms with Crippen LogP contribution in [0.4, 0.5) is 11.6 Å². The van der Waals surface area contributed by atoms with Crippen LogP contribution < -0.4 is 11.1 Å². The Morgan fingerprint density at radius 1 is 1.53 bits per heavy atom. The predicted octanol–water partition coefficient (Wildman–Crippen LogP) is 0.675. The van der Waals surface area contributed by atoms with Gasteiger partial charge in [-0.3, -0.25) is 0 Å². The molecule has 0 amide bonds. The molecule has 2 aromatic heterocycles. The van der Waals surface area contributed by atoms with Crippen LogP contribution in [0.15, 0.2) is 18.6 Å². The van der Waals surface area contributed by atoms with Crippen LogP contribution in [0.3, 0.4) is 0 Å². The average Bonchev–Trinajstić information content (AvgIpc) is 2.76. The molecule has 0 aliphatic heterocycles. The van der Waals surface area contributed by atoms with Gasteiger partial charge < -0.3 is 20.4 Å². The zero-order valence-electron chi connectivity index (χ0n) is 10.2. The topological polar surface area (TPSA) is 71.5 Å². The second-order valence-electron chi connectivity index (χ2n) is 4.00. The molecule has 0 radical (unpaired) electrons. The molecule has 0 aromatic carbocycles. The van der Waals surface area contributed by atoms with Crippen LogP contribution in [0.1, 0.15) is 6.92 Å². The first-order valence-electron chi connectivity index (χ1n) is 5.72. The monoisotopic (exact) mass is 234 g/mol. The molecule has 6 nitrogen and oxygen atoms in total. The number of likely N-dealkylation sites (N-methyl/N-ethyl adjacent to an activating group) is 1. The Labute approximate surface area is 100 Å². The van der Waals surface area contributed by atoms with Crippen molar-refractivity contribution < 1.29 is 0 Å². The molecule has 0 spiro atoms. The Hall–Kier alpha value is -1.82. The molecule has 3 N–H and O–H groups in total. The quantitative estimate of drug-likeness (QED) is 0.796. The maximum absolute atomic E-state index is 5.73. The van der Waals surface area contributed by atoms with E-state index in [1.165, 1.54) is 0 Å². The standard InChI is InChI=1S/C11H18N6/c1-3-16(2)6-4-13-10-11-14-5-7-17(11)8-9(12)15-10/h5,7-8H,3-4,6,12H2,1-2H3,(H,13,15). The minimum Gasteiger partial charge on any atom is -0.382 e. The fourth-order valence-corrected chi connectivity index (χ4v) is 1.59. The summed E-state index contributed by atoms with van der Waals surface area (Å²) < 4.78 is 1.87. The van der Waals surface area contributed by atoms with Crippen molar-refractivity contribution >= 4 is 17.3 Å². The van der Waals surface area contributed by atoms with Crippen LogP contribution in [0.25, 0.3) is 5.65 Å². The SMILES string of the molecule is CCN(C)CCNc1nc(N)cn2ccnc12. The summed E-state index contributed by atoms with van der Waals surface area (Å²) in [5, 5.41) is 3.26. The molecule has 0 unspecified atom stereocenters. The molecule has 0 aliphatic rings. The van der Waals surface area contributed by atoms with Crippen LogP contribution in [0.5, 0.6) is 0 Å². The highest BCUT2D eigenvalue weighted by Crippen LogP contribution is 2.13. The van der Waals surface area contributed by atoms with E-state index in [0.717, 1.165) is 31.1 Å². The number of nitrogen functional groups attached to an aromatic ring is 1. The summed E-state index contributed by atoms with van der Waals surface area (Å²) in [5.74, 6) is 1.22. The maximum Gasteiger partial charge on any atom is 0.180 e. The van der Waals surface area contributed by atoms with E-state index in [1.54, 1.807) is 12.4 Å². The zero-order valence-corrected chi connectivity index (χ0v) is 10.2. The summed E-state index contributed by atoms with van der Waals surface area (Å²) in [6.45, 7) is 4.94. The summed E-state index contributed by atoms with van der Waals surface area (Å²) in [7, 11) is 2.08. The molecule has 0 atom stereocenters. The van der Waals surface area contributed by atoms with E-state index in [2.05, 4.69) is 34.2 Å². The smallest absolute Gasteiger partial charge is 0.180 e. The first kappa shape index (κ1) is 11.7. The van der Waals surface area contributed by atoms with Gasteiger partial charge >= 0.3 is 0 Å². The van der Waals surface area contributed by atoms with Crippen molar-refractivity contribution in [2.45, 2.75) is 6.92 Å². The minimum absolute atomic E-state index is 0.488. The molecule has 92 valence electrons. The number of hydrogen-bond acceptors (Lipinski definition) is 5. The molecular weight excluding hydrogens is 216 g/mol. The number of aromatic nitrogens is 3. The van der Waals surface area contributed by atoms with Gasteiger partial charge in [-0.2, -0.15) is 0 Å². The molecule has 0 saturated carbocycles. The van der Waals surface area contributed by atoms with E-state index in [4.69, 9.17) is 5.73 Å². The lowest BCUT2D eigenvalue weighted by Crippen LogP contribution is -2.25. The van der Waals surface area contributed by atoms with E-state index < -0.39 is 0 Å². The Bertz CT molecular complexity index is 492. The van der Waals surface area contributed by atoms with Gasteiger partial charge in [-0.25, -0.2) is 9.97 Å². The first-order valence-corrected chi connectivity index (χ1v) is 5.72. The van der Waals surface area contributed by atoms with E-state index in [-0.39, 0.29) is 0 Å². The number of nitrogens with two attached hydrogens (primary N) is 1. The summed E-state index contributed by atoms with van der Waals surface area (Å²) >= 11 is 0. The third kappa shape index (κ3) is 2.65. The lowest BCUT2D eigenvalue weighted by atomic mass is 10.5. The van der Waals surface area contributed by atoms with Crippen molar-refractivity contribution in [2.75, 3.05) is 37.7 Å². The fraction of sp³-hybridized carbons (Fsp3) is 0.455. The molecule has 0 aliphatic carbocycles. The lowest BCUT2D eigenvalue weighted by molar-refractivity contribution is 0.367. The number of imidazole rings is 1. The molecular formula is C11H18N6. The molecule has 17 heavy (non-hydrogen) atoms. The van der Waals surface area contributed by atoms with Gasteiger partial charge in [0.15, 0.2) is 11.5 Å². The second kappa shape index (κ2) is 5.01. The molecule has 2 aromatic rings. The summed E-state index contributed by atoms with van der Waals surface area (Å²) in [4.78, 5) is 10.7. The van der Waals surface area contributed by atoms with Gasteiger partial charge in [0.1, 0.15) is 5.82 Å². The summed E-state index contributed by atoms with van der Waals surface area (Å²) in [6.07, 6.45) is 5.35. The highest BCUT2D eigenvalue weighted by atomic mass is 15.1. The van der Waals surface area contributed by atoms with Crippen molar-refractivity contribution in [3.63, 3.8) is 0 Å². The molecule has 2 rings (SSSR count). The van der Waals surface area contributed by atoms with Gasteiger partial charge in [-0.05, 0) is 13.6 Å². The summed E-state index contributed by atoms with van der Waals surface area (Å²) in [5.41, 5.74) is 6.54. The molecule has 2 heterocycles. The van der Waals surface area contributed by atoms with Gasteiger partial charge in [0.25, 0.3) is 0 Å². The van der Waals surface area contributed by atoms with Crippen LogP contribution in [-0.4, -0.2) is 46.0 Å². The van der Waals surface area contributed by atoms with Gasteiger partial charge in [-0.15, -0.1) is 0 Å². The molecule has 0 fully saturated rings. The fourth-order valence-electron chi connectivity index (χ4n) is 1.59. The average molecular weight is 234 g/mol. The van der Waals surface area contributed by atoms with Crippen LogP contribution in [0.2, 0.25) is 0 Å². The van der Waals surface area contributed by atoms with E-state index in [0.29, 0.717) is 5.82 Å². The van der Waals surface area contributed by atoms with E-state index in [1.807, 2.05) is 10.6 Å². The predicted molar refractivity (Wildman–Crippen MR) is 69.1 cm³/mol. The van der Waals surface area contributed by atoms with Crippen molar-refractivity contribution in [2.24, 2.45) is 0 Å². The largest absolute Gasteiger partial charge is 0.382 e. The van der Waals surface area contributed by atoms with Crippen molar-refractivity contribution in [3.05, 3.63) is 18.6 Å². The summed E-state index contributed by atoms with van der Waals surface area (Å²) in [6, 6.07) is 0. The van der Waals surface area contributed by atoms with Crippen molar-refractivity contribution in [1.29, 1.82) is 0 Å². The van der Waals surface area contributed by atoms with Crippen molar-refractivity contribution in [3.8, 4) is 0 Å².